The standard InChI is InChI=1S/C7H5F2NO2/c8-6-2-1-5(3-7(6)9)10-11-4-12-10/h1-3H,4H2. The molecule has 1 saturated heterocycles. The third kappa shape index (κ3) is 1.13. The molecule has 0 bridgehead atoms. The van der Waals surface area contributed by atoms with Crippen molar-refractivity contribution in [3.63, 3.8) is 0 Å². The molecule has 0 amide bonds. The summed E-state index contributed by atoms with van der Waals surface area (Å²) in [7, 11) is 0. The van der Waals surface area contributed by atoms with Gasteiger partial charge >= 0.3 is 0 Å². The number of halogens is 2. The molecule has 2 rings (SSSR count). The second-order valence-corrected chi connectivity index (χ2v) is 2.23. The normalized spacial score (nSPS) is 16.0. The fraction of sp³-hybridized carbons (Fsp3) is 0.143. The molecule has 1 aromatic carbocycles. The van der Waals surface area contributed by atoms with Gasteiger partial charge in [0.2, 0.25) is 6.79 Å². The summed E-state index contributed by atoms with van der Waals surface area (Å²) in [6.07, 6.45) is 0. The first-order valence-corrected chi connectivity index (χ1v) is 3.28. The van der Waals surface area contributed by atoms with Crippen LogP contribution in [0.3, 0.4) is 0 Å². The highest BCUT2D eigenvalue weighted by molar-refractivity contribution is 5.42. The number of rotatable bonds is 1. The minimum atomic E-state index is -0.924. The number of hydrogen-bond donors (Lipinski definition) is 0. The molecule has 3 nitrogen and oxygen atoms in total. The number of anilines is 1. The van der Waals surface area contributed by atoms with Gasteiger partial charge in [-0.1, -0.05) is 0 Å². The van der Waals surface area contributed by atoms with E-state index in [-0.39, 0.29) is 6.79 Å². The zero-order valence-corrected chi connectivity index (χ0v) is 5.96. The Morgan fingerprint density at radius 3 is 2.42 bits per heavy atom. The van der Waals surface area contributed by atoms with Crippen LogP contribution in [0, 0.1) is 11.6 Å². The molecule has 0 unspecified atom stereocenters. The Morgan fingerprint density at radius 1 is 1.17 bits per heavy atom. The van der Waals surface area contributed by atoms with Crippen molar-refractivity contribution in [1.82, 2.24) is 0 Å². The molecular formula is C7H5F2NO2. The van der Waals surface area contributed by atoms with Crippen molar-refractivity contribution in [2.24, 2.45) is 0 Å². The molecule has 0 spiro atoms. The molecule has 1 aliphatic heterocycles. The Labute approximate surface area is 67.0 Å². The van der Waals surface area contributed by atoms with Crippen molar-refractivity contribution in [3.8, 4) is 0 Å². The number of hydrogen-bond acceptors (Lipinski definition) is 3. The smallest absolute Gasteiger partial charge is 0.205 e. The highest BCUT2D eigenvalue weighted by Gasteiger charge is 2.18. The zero-order valence-electron chi connectivity index (χ0n) is 5.96. The van der Waals surface area contributed by atoms with Crippen LogP contribution in [-0.4, -0.2) is 6.79 Å². The first-order valence-electron chi connectivity index (χ1n) is 3.28. The highest BCUT2D eigenvalue weighted by atomic mass is 19.2. The van der Waals surface area contributed by atoms with E-state index in [1.807, 2.05) is 0 Å². The fourth-order valence-electron chi connectivity index (χ4n) is 0.853. The minimum Gasteiger partial charge on any atom is -0.217 e. The van der Waals surface area contributed by atoms with Gasteiger partial charge in [-0.2, -0.15) is 0 Å². The third-order valence-corrected chi connectivity index (χ3v) is 1.45. The van der Waals surface area contributed by atoms with Gasteiger partial charge in [0.25, 0.3) is 0 Å². The molecule has 1 aliphatic rings. The Balaban J connectivity index is 2.27. The lowest BCUT2D eigenvalue weighted by Gasteiger charge is -2.29. The average Bonchev–Trinajstić information content (AvgIpc) is 1.93. The SMILES string of the molecule is Fc1ccc(N2OCO2)cc1F. The van der Waals surface area contributed by atoms with Crippen LogP contribution in [-0.2, 0) is 9.68 Å². The van der Waals surface area contributed by atoms with Crippen LogP contribution in [0.15, 0.2) is 18.2 Å². The summed E-state index contributed by atoms with van der Waals surface area (Å²) >= 11 is 0. The first kappa shape index (κ1) is 7.45. The Morgan fingerprint density at radius 2 is 1.92 bits per heavy atom. The van der Waals surface area contributed by atoms with Gasteiger partial charge in [-0.25, -0.2) is 18.5 Å². The number of nitrogens with zero attached hydrogens (tertiary/aromatic N) is 1. The van der Waals surface area contributed by atoms with E-state index < -0.39 is 11.6 Å². The van der Waals surface area contributed by atoms with E-state index in [1.54, 1.807) is 0 Å². The third-order valence-electron chi connectivity index (χ3n) is 1.45. The molecule has 64 valence electrons. The summed E-state index contributed by atoms with van der Waals surface area (Å²) < 4.78 is 25.0. The molecule has 5 heteroatoms. The molecule has 0 saturated carbocycles. The van der Waals surface area contributed by atoms with Gasteiger partial charge in [0.15, 0.2) is 11.6 Å². The Hall–Kier alpha value is -1.20. The molecule has 0 aromatic heterocycles. The van der Waals surface area contributed by atoms with E-state index in [9.17, 15) is 8.78 Å². The van der Waals surface area contributed by atoms with Crippen molar-refractivity contribution in [2.45, 2.75) is 0 Å². The Bertz CT molecular complexity index is 301. The molecule has 0 aliphatic carbocycles. The van der Waals surface area contributed by atoms with Gasteiger partial charge < -0.3 is 0 Å². The fourth-order valence-corrected chi connectivity index (χ4v) is 0.853. The summed E-state index contributed by atoms with van der Waals surface area (Å²) in [5, 5.41) is 1.02. The van der Waals surface area contributed by atoms with Crippen molar-refractivity contribution < 1.29 is 18.5 Å². The van der Waals surface area contributed by atoms with Crippen molar-refractivity contribution in [1.29, 1.82) is 0 Å². The summed E-state index contributed by atoms with van der Waals surface area (Å²) in [5.74, 6) is -1.81. The molecule has 0 radical (unpaired) electrons. The summed E-state index contributed by atoms with van der Waals surface area (Å²) in [5.41, 5.74) is 0.333. The maximum absolute atomic E-state index is 12.6. The quantitative estimate of drug-likeness (QED) is 0.643. The van der Waals surface area contributed by atoms with Crippen LogP contribution in [0.25, 0.3) is 0 Å². The van der Waals surface area contributed by atoms with Crippen LogP contribution >= 0.6 is 0 Å². The summed E-state index contributed by atoms with van der Waals surface area (Å²) in [6, 6.07) is 3.36. The van der Waals surface area contributed by atoms with E-state index in [1.165, 1.54) is 6.07 Å². The highest BCUT2D eigenvalue weighted by Crippen LogP contribution is 2.21. The van der Waals surface area contributed by atoms with E-state index in [4.69, 9.17) is 9.68 Å². The van der Waals surface area contributed by atoms with Gasteiger partial charge in [-0.3, -0.25) is 0 Å². The van der Waals surface area contributed by atoms with E-state index in [2.05, 4.69) is 0 Å². The lowest BCUT2D eigenvalue weighted by Crippen LogP contribution is -2.36. The molecule has 1 fully saturated rings. The summed E-state index contributed by atoms with van der Waals surface area (Å²) in [4.78, 5) is 9.47. The summed E-state index contributed by atoms with van der Waals surface area (Å²) in [6.45, 7) is 0.138. The molecule has 1 heterocycles. The van der Waals surface area contributed by atoms with Crippen molar-refractivity contribution in [3.05, 3.63) is 29.8 Å². The topological polar surface area (TPSA) is 21.7 Å². The van der Waals surface area contributed by atoms with Crippen molar-refractivity contribution >= 4 is 5.69 Å². The molecule has 0 atom stereocenters. The van der Waals surface area contributed by atoms with Crippen molar-refractivity contribution in [2.75, 3.05) is 12.0 Å². The van der Waals surface area contributed by atoms with E-state index in [0.29, 0.717) is 5.69 Å². The average molecular weight is 173 g/mol. The van der Waals surface area contributed by atoms with Crippen LogP contribution in [0.1, 0.15) is 0 Å². The monoisotopic (exact) mass is 173 g/mol. The van der Waals surface area contributed by atoms with Gasteiger partial charge in [-0.15, -0.1) is 5.23 Å². The van der Waals surface area contributed by atoms with Crippen LogP contribution in [0.5, 0.6) is 0 Å². The van der Waals surface area contributed by atoms with Crippen LogP contribution in [0.4, 0.5) is 14.5 Å². The lowest BCUT2D eigenvalue weighted by atomic mass is 10.3. The number of benzene rings is 1. The van der Waals surface area contributed by atoms with E-state index in [0.717, 1.165) is 17.4 Å². The van der Waals surface area contributed by atoms with Crippen LogP contribution < -0.4 is 5.23 Å². The minimum absolute atomic E-state index is 0.138. The van der Waals surface area contributed by atoms with Gasteiger partial charge in [0, 0.05) is 6.07 Å². The predicted octanol–water partition coefficient (Wildman–Crippen LogP) is 1.61. The van der Waals surface area contributed by atoms with Gasteiger partial charge in [0.1, 0.15) is 0 Å². The maximum Gasteiger partial charge on any atom is 0.205 e. The Kier molecular flexibility index (Phi) is 1.67. The molecule has 0 N–H and O–H groups in total. The predicted molar refractivity (Wildman–Crippen MR) is 35.9 cm³/mol. The molecule has 1 aromatic rings. The van der Waals surface area contributed by atoms with Gasteiger partial charge in [-0.05, 0) is 12.1 Å². The molecule has 12 heavy (non-hydrogen) atoms. The zero-order chi connectivity index (χ0) is 8.55. The molecular weight excluding hydrogens is 168 g/mol. The lowest BCUT2D eigenvalue weighted by molar-refractivity contribution is -0.277. The second kappa shape index (κ2) is 2.69. The second-order valence-electron chi connectivity index (χ2n) is 2.23. The van der Waals surface area contributed by atoms with E-state index >= 15 is 0 Å². The van der Waals surface area contributed by atoms with Crippen LogP contribution in [0.2, 0.25) is 0 Å². The maximum atomic E-state index is 12.6. The largest absolute Gasteiger partial charge is 0.217 e. The first-order chi connectivity index (χ1) is 5.77. The van der Waals surface area contributed by atoms with Gasteiger partial charge in [0.05, 0.1) is 5.69 Å².